The zero-order chi connectivity index (χ0) is 19.3. The number of anilines is 1. The first-order valence-corrected chi connectivity index (χ1v) is 7.38. The van der Waals surface area contributed by atoms with Gasteiger partial charge in [-0.2, -0.15) is 0 Å². The second-order valence-corrected chi connectivity index (χ2v) is 5.26. The molecule has 0 atom stereocenters. The summed E-state index contributed by atoms with van der Waals surface area (Å²) in [6.45, 7) is 3.40. The molecule has 11 heteroatoms. The number of ether oxygens (including phenoxy) is 1. The van der Waals surface area contributed by atoms with Crippen molar-refractivity contribution in [2.24, 2.45) is 0 Å². The minimum Gasteiger partial charge on any atom is -0.388 e. The van der Waals surface area contributed by atoms with Gasteiger partial charge >= 0.3 is 6.36 Å². The van der Waals surface area contributed by atoms with Gasteiger partial charge in [-0.25, -0.2) is 4.98 Å². The number of nitrogens with one attached hydrogen (secondary N) is 1. The Balaban J connectivity index is 1.86. The van der Waals surface area contributed by atoms with Crippen LogP contribution in [-0.4, -0.2) is 65.0 Å². The van der Waals surface area contributed by atoms with Gasteiger partial charge in [0, 0.05) is 19.2 Å². The van der Waals surface area contributed by atoms with E-state index in [4.69, 9.17) is 0 Å². The van der Waals surface area contributed by atoms with Gasteiger partial charge in [-0.3, -0.25) is 14.4 Å². The van der Waals surface area contributed by atoms with Crippen LogP contribution in [0.5, 0.6) is 5.88 Å². The molecule has 0 saturated carbocycles. The lowest BCUT2D eigenvalue weighted by atomic mass is 10.3. The van der Waals surface area contributed by atoms with Gasteiger partial charge in [0.15, 0.2) is 0 Å². The first-order chi connectivity index (χ1) is 12.2. The predicted molar refractivity (Wildman–Crippen MR) is 82.9 cm³/mol. The van der Waals surface area contributed by atoms with Gasteiger partial charge in [-0.15, -0.1) is 13.2 Å². The molecular weight excluding hydrogens is 357 g/mol. The average Bonchev–Trinajstić information content (AvgIpc) is 2.56. The predicted octanol–water partition coefficient (Wildman–Crippen LogP) is 0.775. The number of carbonyl (C=O) groups excluding carboxylic acids is 3. The van der Waals surface area contributed by atoms with Crippen molar-refractivity contribution >= 4 is 23.4 Å². The van der Waals surface area contributed by atoms with Gasteiger partial charge < -0.3 is 19.9 Å². The summed E-state index contributed by atoms with van der Waals surface area (Å²) in [6, 6.07) is 2.14. The normalized spacial score (nSPS) is 14.8. The number of halogens is 3. The minimum atomic E-state index is -4.85. The summed E-state index contributed by atoms with van der Waals surface area (Å²) in [4.78, 5) is 41.4. The Morgan fingerprint density at radius 1 is 1.35 bits per heavy atom. The van der Waals surface area contributed by atoms with E-state index < -0.39 is 24.1 Å². The van der Waals surface area contributed by atoms with E-state index in [0.29, 0.717) is 0 Å². The van der Waals surface area contributed by atoms with Gasteiger partial charge in [0.25, 0.3) is 0 Å². The summed E-state index contributed by atoms with van der Waals surface area (Å²) in [5, 5.41) is 2.42. The maximum Gasteiger partial charge on any atom is 0.574 e. The van der Waals surface area contributed by atoms with Crippen molar-refractivity contribution in [3.05, 3.63) is 31.0 Å². The quantitative estimate of drug-likeness (QED) is 0.771. The lowest BCUT2D eigenvalue weighted by molar-refractivity contribution is -0.276. The number of carbonyl (C=O) groups is 3. The molecule has 26 heavy (non-hydrogen) atoms. The number of piperazine rings is 1. The Morgan fingerprint density at radius 2 is 2.08 bits per heavy atom. The number of rotatable bonds is 5. The van der Waals surface area contributed by atoms with Crippen LogP contribution in [0.15, 0.2) is 31.0 Å². The van der Waals surface area contributed by atoms with Crippen molar-refractivity contribution in [2.45, 2.75) is 6.36 Å². The van der Waals surface area contributed by atoms with Gasteiger partial charge in [0.05, 0.1) is 18.4 Å². The second kappa shape index (κ2) is 7.85. The Morgan fingerprint density at radius 3 is 2.62 bits per heavy atom. The average molecular weight is 372 g/mol. The van der Waals surface area contributed by atoms with E-state index >= 15 is 0 Å². The van der Waals surface area contributed by atoms with Crippen LogP contribution in [0.1, 0.15) is 0 Å². The fourth-order valence-electron chi connectivity index (χ4n) is 2.20. The maximum absolute atomic E-state index is 12.0. The topological polar surface area (TPSA) is 91.8 Å². The third-order valence-corrected chi connectivity index (χ3v) is 3.38. The van der Waals surface area contributed by atoms with Crippen LogP contribution in [-0.2, 0) is 14.4 Å². The third kappa shape index (κ3) is 5.46. The molecular formula is C15H15F3N4O4. The van der Waals surface area contributed by atoms with Gasteiger partial charge in [-0.1, -0.05) is 6.58 Å². The van der Waals surface area contributed by atoms with Crippen LogP contribution in [0, 0.1) is 0 Å². The summed E-state index contributed by atoms with van der Waals surface area (Å²) in [7, 11) is 0. The highest BCUT2D eigenvalue weighted by molar-refractivity contribution is 5.96. The zero-order valence-corrected chi connectivity index (χ0v) is 13.5. The monoisotopic (exact) mass is 372 g/mol. The number of aromatic nitrogens is 1. The molecule has 0 aliphatic carbocycles. The Kier molecular flexibility index (Phi) is 5.80. The lowest BCUT2D eigenvalue weighted by Gasteiger charge is -2.33. The molecule has 3 amide bonds. The van der Waals surface area contributed by atoms with E-state index in [9.17, 15) is 27.6 Å². The molecule has 1 saturated heterocycles. The highest BCUT2D eigenvalue weighted by Crippen LogP contribution is 2.21. The zero-order valence-electron chi connectivity index (χ0n) is 13.5. The molecule has 0 unspecified atom stereocenters. The third-order valence-electron chi connectivity index (χ3n) is 3.38. The van der Waals surface area contributed by atoms with Crippen LogP contribution in [0.2, 0.25) is 0 Å². The van der Waals surface area contributed by atoms with Crippen LogP contribution in [0.25, 0.3) is 0 Å². The standard InChI is InChI=1S/C15H15F3N4O4/c1-2-13(24)22-6-5-21(14(25)9-22)8-11(23)20-10-3-4-12(19-7-10)26-15(16,17)18/h2-4,7H,1,5-6,8-9H2,(H,20,23). The summed E-state index contributed by atoms with van der Waals surface area (Å²) >= 11 is 0. The molecule has 2 heterocycles. The molecule has 1 aromatic rings. The van der Waals surface area contributed by atoms with Crippen LogP contribution < -0.4 is 10.1 Å². The number of pyridine rings is 1. The Hall–Kier alpha value is -3.11. The van der Waals surface area contributed by atoms with E-state index in [2.05, 4.69) is 21.6 Å². The molecule has 0 radical (unpaired) electrons. The maximum atomic E-state index is 12.0. The van der Waals surface area contributed by atoms with Gasteiger partial charge in [-0.05, 0) is 12.1 Å². The number of hydrogen-bond donors (Lipinski definition) is 1. The van der Waals surface area contributed by atoms with Crippen molar-refractivity contribution in [3.8, 4) is 5.88 Å². The molecule has 140 valence electrons. The van der Waals surface area contributed by atoms with Crippen molar-refractivity contribution in [3.63, 3.8) is 0 Å². The molecule has 8 nitrogen and oxygen atoms in total. The van der Waals surface area contributed by atoms with Gasteiger partial charge in [0.2, 0.25) is 23.6 Å². The molecule has 0 spiro atoms. The van der Waals surface area contributed by atoms with E-state index in [1.54, 1.807) is 0 Å². The molecule has 1 aliphatic rings. The highest BCUT2D eigenvalue weighted by atomic mass is 19.4. The first-order valence-electron chi connectivity index (χ1n) is 7.38. The largest absolute Gasteiger partial charge is 0.574 e. The van der Waals surface area contributed by atoms with Crippen molar-refractivity contribution in [1.82, 2.24) is 14.8 Å². The first kappa shape index (κ1) is 19.2. The van der Waals surface area contributed by atoms with Crippen LogP contribution in [0.3, 0.4) is 0 Å². The van der Waals surface area contributed by atoms with E-state index in [0.717, 1.165) is 18.3 Å². The van der Waals surface area contributed by atoms with Crippen LogP contribution in [0.4, 0.5) is 18.9 Å². The molecule has 2 rings (SSSR count). The molecule has 1 aliphatic heterocycles. The van der Waals surface area contributed by atoms with Crippen LogP contribution >= 0.6 is 0 Å². The smallest absolute Gasteiger partial charge is 0.388 e. The Labute approximate surface area is 146 Å². The number of hydrogen-bond acceptors (Lipinski definition) is 5. The van der Waals surface area contributed by atoms with Crippen molar-refractivity contribution in [2.75, 3.05) is 31.5 Å². The van der Waals surface area contributed by atoms with E-state index in [1.807, 2.05) is 0 Å². The number of amides is 3. The second-order valence-electron chi connectivity index (χ2n) is 5.26. The van der Waals surface area contributed by atoms with E-state index in [1.165, 1.54) is 15.9 Å². The van der Waals surface area contributed by atoms with E-state index in [-0.39, 0.29) is 37.8 Å². The molecule has 1 aromatic heterocycles. The Bertz CT molecular complexity index is 706. The number of alkyl halides is 3. The summed E-state index contributed by atoms with van der Waals surface area (Å²) < 4.78 is 39.8. The minimum absolute atomic E-state index is 0.150. The SMILES string of the molecule is C=CC(=O)N1CCN(CC(=O)Nc2ccc(OC(F)(F)F)nc2)C(=O)C1. The summed E-state index contributed by atoms with van der Waals surface area (Å²) in [6.07, 6.45) is -2.75. The molecule has 1 fully saturated rings. The highest BCUT2D eigenvalue weighted by Gasteiger charge is 2.31. The lowest BCUT2D eigenvalue weighted by Crippen LogP contribution is -2.53. The van der Waals surface area contributed by atoms with Crippen molar-refractivity contribution in [1.29, 1.82) is 0 Å². The molecule has 1 N–H and O–H groups in total. The fourth-order valence-corrected chi connectivity index (χ4v) is 2.20. The number of nitrogens with zero attached hydrogens (tertiary/aromatic N) is 3. The summed E-state index contributed by atoms with van der Waals surface area (Å²) in [5.41, 5.74) is 0.150. The fraction of sp³-hybridized carbons (Fsp3) is 0.333. The summed E-state index contributed by atoms with van der Waals surface area (Å²) in [5.74, 6) is -1.97. The molecule has 0 aromatic carbocycles. The molecule has 0 bridgehead atoms. The van der Waals surface area contributed by atoms with Gasteiger partial charge in [0.1, 0.15) is 6.54 Å². The van der Waals surface area contributed by atoms with Crippen molar-refractivity contribution < 1.29 is 32.3 Å².